The molecule has 0 aromatic carbocycles. The number of allylic oxidation sites excluding steroid dienone is 1. The molecule has 2 heterocycles. The van der Waals surface area contributed by atoms with Crippen LogP contribution >= 0.6 is 11.3 Å². The van der Waals surface area contributed by atoms with Gasteiger partial charge in [-0.25, -0.2) is 13.8 Å². The van der Waals surface area contributed by atoms with Crippen LogP contribution in [0.4, 0.5) is 8.78 Å². The van der Waals surface area contributed by atoms with Gasteiger partial charge in [0.2, 0.25) is 5.91 Å². The topological polar surface area (TPSA) is 54.5 Å². The predicted molar refractivity (Wildman–Crippen MR) is 96.4 cm³/mol. The Balaban J connectivity index is 1.42. The van der Waals surface area contributed by atoms with Crippen LogP contribution in [0.3, 0.4) is 0 Å². The Morgan fingerprint density at radius 2 is 2.27 bits per heavy atom. The second-order valence-corrected chi connectivity index (χ2v) is 8.33. The number of rotatable bonds is 7. The number of fused-ring (bicyclic) bond motifs is 1. The fraction of sp³-hybridized carbons (Fsp3) is 0.667. The van der Waals surface area contributed by atoms with Crippen molar-refractivity contribution in [3.8, 4) is 5.19 Å². The van der Waals surface area contributed by atoms with Crippen LogP contribution in [0.25, 0.3) is 0 Å². The SMILES string of the molecule is CC(=O)NC1CC(C/C=C/N2CCc3sc(OCC(C)(F)F)nc3C2)C1. The lowest BCUT2D eigenvalue weighted by Crippen LogP contribution is -2.43. The van der Waals surface area contributed by atoms with E-state index in [1.807, 2.05) is 0 Å². The van der Waals surface area contributed by atoms with Gasteiger partial charge in [0.05, 0.1) is 12.2 Å². The number of amides is 1. The minimum absolute atomic E-state index is 0.0439. The normalized spacial score (nSPS) is 22.8. The molecule has 0 saturated heterocycles. The second kappa shape index (κ2) is 7.90. The third kappa shape index (κ3) is 5.40. The van der Waals surface area contributed by atoms with Crippen molar-refractivity contribution in [1.29, 1.82) is 0 Å². The highest BCUT2D eigenvalue weighted by Crippen LogP contribution is 2.32. The van der Waals surface area contributed by atoms with Crippen molar-refractivity contribution < 1.29 is 18.3 Å². The first-order valence-corrected chi connectivity index (χ1v) is 9.77. The maximum atomic E-state index is 12.9. The standard InChI is InChI=1S/C18H25F2N3O2S/c1-12(24)21-14-8-13(9-14)4-3-6-23-7-5-16-15(10-23)22-17(26-16)25-11-18(2,19)20/h3,6,13-14H,4-5,7-11H2,1-2H3,(H,21,24)/b6-3+. The smallest absolute Gasteiger partial charge is 0.278 e. The van der Waals surface area contributed by atoms with E-state index >= 15 is 0 Å². The van der Waals surface area contributed by atoms with Crippen LogP contribution in [0.1, 0.15) is 43.7 Å². The molecule has 1 aromatic heterocycles. The number of hydrogen-bond acceptors (Lipinski definition) is 5. The van der Waals surface area contributed by atoms with Crippen molar-refractivity contribution in [2.24, 2.45) is 5.92 Å². The Labute approximate surface area is 156 Å². The van der Waals surface area contributed by atoms with E-state index in [2.05, 4.69) is 27.5 Å². The minimum Gasteiger partial charge on any atom is -0.464 e. The summed E-state index contributed by atoms with van der Waals surface area (Å²) in [5.41, 5.74) is 0.926. The largest absolute Gasteiger partial charge is 0.464 e. The van der Waals surface area contributed by atoms with Crippen molar-refractivity contribution in [2.75, 3.05) is 13.2 Å². The molecular weight excluding hydrogens is 360 g/mol. The van der Waals surface area contributed by atoms with Crippen molar-refractivity contribution in [1.82, 2.24) is 15.2 Å². The minimum atomic E-state index is -2.85. The van der Waals surface area contributed by atoms with Gasteiger partial charge in [-0.05, 0) is 31.4 Å². The van der Waals surface area contributed by atoms with Gasteiger partial charge in [0.25, 0.3) is 11.1 Å². The fourth-order valence-electron chi connectivity index (χ4n) is 3.31. The summed E-state index contributed by atoms with van der Waals surface area (Å²) < 4.78 is 30.9. The van der Waals surface area contributed by atoms with Crippen LogP contribution in [0.15, 0.2) is 12.3 Å². The van der Waals surface area contributed by atoms with Crippen molar-refractivity contribution in [2.45, 2.75) is 58.0 Å². The maximum Gasteiger partial charge on any atom is 0.278 e. The third-order valence-corrected chi connectivity index (χ3v) is 5.69. The summed E-state index contributed by atoms with van der Waals surface area (Å²) in [6, 6.07) is 0.340. The molecule has 0 radical (unpaired) electrons. The Morgan fingerprint density at radius 3 is 2.96 bits per heavy atom. The van der Waals surface area contributed by atoms with Crippen molar-refractivity contribution >= 4 is 17.2 Å². The molecule has 3 rings (SSSR count). The number of carbonyl (C=O) groups is 1. The number of ether oxygens (including phenoxy) is 1. The zero-order valence-corrected chi connectivity index (χ0v) is 16.0. The van der Waals surface area contributed by atoms with Gasteiger partial charge in [-0.3, -0.25) is 4.79 Å². The summed E-state index contributed by atoms with van der Waals surface area (Å²) in [6.45, 7) is 3.35. The van der Waals surface area contributed by atoms with E-state index in [0.29, 0.717) is 23.7 Å². The summed E-state index contributed by atoms with van der Waals surface area (Å²) >= 11 is 1.37. The molecule has 2 aliphatic rings. The summed E-state index contributed by atoms with van der Waals surface area (Å²) in [5.74, 6) is -2.16. The van der Waals surface area contributed by atoms with Crippen LogP contribution in [0, 0.1) is 5.92 Å². The summed E-state index contributed by atoms with van der Waals surface area (Å²) in [6.07, 6.45) is 8.25. The molecule has 26 heavy (non-hydrogen) atoms. The van der Waals surface area contributed by atoms with Gasteiger partial charge in [-0.1, -0.05) is 17.4 Å². The molecule has 0 spiro atoms. The number of alkyl halides is 2. The van der Waals surface area contributed by atoms with E-state index < -0.39 is 12.5 Å². The molecule has 1 fully saturated rings. The number of halogens is 2. The van der Waals surface area contributed by atoms with Gasteiger partial charge in [0.1, 0.15) is 0 Å². The molecule has 5 nitrogen and oxygen atoms in total. The fourth-order valence-corrected chi connectivity index (χ4v) is 4.21. The van der Waals surface area contributed by atoms with Crippen molar-refractivity contribution in [3.05, 3.63) is 22.8 Å². The summed E-state index contributed by atoms with van der Waals surface area (Å²) in [7, 11) is 0. The summed E-state index contributed by atoms with van der Waals surface area (Å²) in [4.78, 5) is 18.7. The number of thiazole rings is 1. The monoisotopic (exact) mass is 385 g/mol. The third-order valence-electron chi connectivity index (χ3n) is 4.62. The van der Waals surface area contributed by atoms with Gasteiger partial charge in [0, 0.05) is 37.7 Å². The van der Waals surface area contributed by atoms with Crippen LogP contribution in [0.5, 0.6) is 5.19 Å². The quantitative estimate of drug-likeness (QED) is 0.782. The van der Waals surface area contributed by atoms with E-state index in [1.54, 1.807) is 6.92 Å². The lowest BCUT2D eigenvalue weighted by atomic mass is 9.78. The van der Waals surface area contributed by atoms with E-state index in [-0.39, 0.29) is 5.91 Å². The highest BCUT2D eigenvalue weighted by atomic mass is 32.1. The number of carbonyl (C=O) groups excluding carboxylic acids is 1. The van der Waals surface area contributed by atoms with Gasteiger partial charge in [0.15, 0.2) is 6.61 Å². The molecule has 1 amide bonds. The number of aromatic nitrogens is 1. The molecule has 8 heteroatoms. The van der Waals surface area contributed by atoms with E-state index in [4.69, 9.17) is 4.74 Å². The Kier molecular flexibility index (Phi) is 5.79. The van der Waals surface area contributed by atoms with Gasteiger partial charge in [-0.2, -0.15) is 0 Å². The molecule has 1 aliphatic heterocycles. The van der Waals surface area contributed by atoms with E-state index in [9.17, 15) is 13.6 Å². The van der Waals surface area contributed by atoms with Crippen LogP contribution in [0.2, 0.25) is 0 Å². The van der Waals surface area contributed by atoms with E-state index in [0.717, 1.165) is 49.7 Å². The Hall–Kier alpha value is -1.70. The molecular formula is C18H25F2N3O2S. The zero-order valence-electron chi connectivity index (χ0n) is 15.1. The first-order valence-electron chi connectivity index (χ1n) is 8.95. The maximum absolute atomic E-state index is 12.9. The molecule has 0 bridgehead atoms. The molecule has 1 N–H and O–H groups in total. The van der Waals surface area contributed by atoms with E-state index in [1.165, 1.54) is 11.3 Å². The average molecular weight is 385 g/mol. The highest BCUT2D eigenvalue weighted by molar-refractivity contribution is 7.13. The molecule has 1 aliphatic carbocycles. The first kappa shape index (κ1) is 19.1. The Morgan fingerprint density at radius 1 is 1.50 bits per heavy atom. The van der Waals surface area contributed by atoms with Crippen LogP contribution in [-0.2, 0) is 17.8 Å². The van der Waals surface area contributed by atoms with Crippen LogP contribution in [-0.4, -0.2) is 40.9 Å². The molecule has 144 valence electrons. The van der Waals surface area contributed by atoms with Crippen LogP contribution < -0.4 is 10.1 Å². The molecule has 1 saturated carbocycles. The van der Waals surface area contributed by atoms with Gasteiger partial charge >= 0.3 is 0 Å². The zero-order chi connectivity index (χ0) is 18.7. The summed E-state index contributed by atoms with van der Waals surface area (Å²) in [5, 5.41) is 3.28. The Bertz CT molecular complexity index is 666. The number of nitrogens with one attached hydrogen (secondary N) is 1. The van der Waals surface area contributed by atoms with Gasteiger partial charge < -0.3 is 15.0 Å². The molecule has 0 unspecified atom stereocenters. The lowest BCUT2D eigenvalue weighted by molar-refractivity contribution is -0.120. The molecule has 0 atom stereocenters. The first-order chi connectivity index (χ1) is 12.3. The molecule has 1 aromatic rings. The highest BCUT2D eigenvalue weighted by Gasteiger charge is 2.28. The number of hydrogen-bond donors (Lipinski definition) is 1. The predicted octanol–water partition coefficient (Wildman–Crippen LogP) is 3.35. The van der Waals surface area contributed by atoms with Gasteiger partial charge in [-0.15, -0.1) is 0 Å². The second-order valence-electron chi connectivity index (χ2n) is 7.28. The lowest BCUT2D eigenvalue weighted by Gasteiger charge is -2.35. The van der Waals surface area contributed by atoms with Crippen molar-refractivity contribution in [3.63, 3.8) is 0 Å². The average Bonchev–Trinajstić information content (AvgIpc) is 2.91. The number of nitrogens with zero attached hydrogens (tertiary/aromatic N) is 2.